The van der Waals surface area contributed by atoms with Crippen molar-refractivity contribution in [3.05, 3.63) is 180 Å². The first kappa shape index (κ1) is 34.2. The summed E-state index contributed by atoms with van der Waals surface area (Å²) in [7, 11) is 0. The molecule has 6 heteroatoms. The van der Waals surface area contributed by atoms with Gasteiger partial charge in [0.1, 0.15) is 0 Å². The van der Waals surface area contributed by atoms with Crippen LogP contribution in [0.15, 0.2) is 158 Å². The van der Waals surface area contributed by atoms with Crippen LogP contribution < -0.4 is 21.3 Å². The largest absolute Gasteiger partial charge is 0.359 e. The number of rotatable bonds is 9. The van der Waals surface area contributed by atoms with Gasteiger partial charge in [-0.05, 0) is 122 Å². The number of hydrogen-bond acceptors (Lipinski definition) is 2. The topological polar surface area (TPSA) is 48.1 Å². The van der Waals surface area contributed by atoms with Crippen molar-refractivity contribution >= 4 is 99.3 Å². The molecule has 0 aliphatic rings. The average molecular weight is 759 g/mol. The molecular formula is C50H38N4S2. The molecule has 0 amide bonds. The molecule has 10 aromatic rings. The van der Waals surface area contributed by atoms with Crippen LogP contribution in [0.3, 0.4) is 0 Å². The summed E-state index contributed by atoms with van der Waals surface area (Å²) >= 11 is 11.6. The lowest BCUT2D eigenvalue weighted by Gasteiger charge is -2.18. The molecular weight excluding hydrogens is 721 g/mol. The summed E-state index contributed by atoms with van der Waals surface area (Å²) in [6, 6.07) is 56.8. The second-order valence-corrected chi connectivity index (χ2v) is 15.4. The lowest BCUT2D eigenvalue weighted by Crippen LogP contribution is -2.34. The van der Waals surface area contributed by atoms with Crippen LogP contribution in [-0.2, 0) is 26.2 Å². The maximum Gasteiger partial charge on any atom is 0.166 e. The van der Waals surface area contributed by atoms with E-state index in [1.165, 1.54) is 98.0 Å². The van der Waals surface area contributed by atoms with Crippen molar-refractivity contribution in [2.24, 2.45) is 0 Å². The molecule has 0 unspecified atom stereocenters. The standard InChI is InChI=1S/C50H38N4S2/c55-49(53-29-39-21-19-35-17-15-31-9-5-11-33-23-25-43(39)47(35)45(31)33)51-27-37-7-1-3-13-41(37)42-14-4-2-8-38(42)28-52-50(56)54-30-40-22-20-36-18-16-32-10-6-12-34-24-26-44(40)48(36)46(32)34/h1-26H,27-30H2,(H2,51,53,55)(H2,52,54,56). The van der Waals surface area contributed by atoms with Gasteiger partial charge in [-0.3, -0.25) is 0 Å². The smallest absolute Gasteiger partial charge is 0.166 e. The van der Waals surface area contributed by atoms with Gasteiger partial charge in [0.05, 0.1) is 0 Å². The Balaban J connectivity index is 0.800. The van der Waals surface area contributed by atoms with E-state index in [0.717, 1.165) is 0 Å². The van der Waals surface area contributed by atoms with Gasteiger partial charge in [0.2, 0.25) is 0 Å². The highest BCUT2D eigenvalue weighted by Crippen LogP contribution is 2.37. The molecule has 4 N–H and O–H groups in total. The molecule has 270 valence electrons. The predicted molar refractivity (Wildman–Crippen MR) is 245 cm³/mol. The Morgan fingerprint density at radius 1 is 0.304 bits per heavy atom. The Bertz CT molecular complexity index is 2860. The van der Waals surface area contributed by atoms with Crippen molar-refractivity contribution in [3.63, 3.8) is 0 Å². The summed E-state index contributed by atoms with van der Waals surface area (Å²) in [4.78, 5) is 0. The van der Waals surface area contributed by atoms with Gasteiger partial charge < -0.3 is 21.3 Å². The Morgan fingerprint density at radius 3 is 1.04 bits per heavy atom. The maximum atomic E-state index is 5.82. The number of thiocarbonyl (C=S) groups is 2. The molecule has 0 saturated carbocycles. The van der Waals surface area contributed by atoms with Gasteiger partial charge in [-0.2, -0.15) is 0 Å². The van der Waals surface area contributed by atoms with E-state index in [4.69, 9.17) is 24.4 Å². The van der Waals surface area contributed by atoms with Gasteiger partial charge in [-0.1, -0.05) is 158 Å². The fourth-order valence-electron chi connectivity index (χ4n) is 8.60. The van der Waals surface area contributed by atoms with E-state index in [1.807, 2.05) is 0 Å². The number of nitrogens with one attached hydrogen (secondary N) is 4. The normalized spacial score (nSPS) is 11.6. The zero-order valence-electron chi connectivity index (χ0n) is 30.7. The van der Waals surface area contributed by atoms with E-state index >= 15 is 0 Å². The van der Waals surface area contributed by atoms with Crippen molar-refractivity contribution in [2.75, 3.05) is 0 Å². The van der Waals surface area contributed by atoms with Gasteiger partial charge in [0.25, 0.3) is 0 Å². The summed E-state index contributed by atoms with van der Waals surface area (Å²) in [5, 5.41) is 30.6. The van der Waals surface area contributed by atoms with Crippen LogP contribution in [0.2, 0.25) is 0 Å². The first-order valence-electron chi connectivity index (χ1n) is 19.1. The minimum absolute atomic E-state index is 0.599. The minimum Gasteiger partial charge on any atom is -0.359 e. The van der Waals surface area contributed by atoms with Crippen molar-refractivity contribution in [1.29, 1.82) is 0 Å². The predicted octanol–water partition coefficient (Wildman–Crippen LogP) is 11.5. The SMILES string of the molecule is S=C(NCc1ccccc1-c1ccccc1CNC(=S)NCc1ccc2ccc3cccc4ccc1c2c34)NCc1ccc2ccc3cccc4ccc1c2c34. The molecule has 0 aliphatic heterocycles. The van der Waals surface area contributed by atoms with E-state index in [9.17, 15) is 0 Å². The number of benzene rings is 10. The molecule has 10 rings (SSSR count). The van der Waals surface area contributed by atoms with Crippen molar-refractivity contribution < 1.29 is 0 Å². The monoisotopic (exact) mass is 758 g/mol. The Labute approximate surface area is 336 Å². The summed E-state index contributed by atoms with van der Waals surface area (Å²) in [5.74, 6) is 0. The van der Waals surface area contributed by atoms with Gasteiger partial charge >= 0.3 is 0 Å². The zero-order chi connectivity index (χ0) is 37.6. The fourth-order valence-corrected chi connectivity index (χ4v) is 8.89. The van der Waals surface area contributed by atoms with Crippen LogP contribution in [-0.4, -0.2) is 10.2 Å². The van der Waals surface area contributed by atoms with Gasteiger partial charge in [-0.25, -0.2) is 0 Å². The van der Waals surface area contributed by atoms with Crippen LogP contribution in [0.4, 0.5) is 0 Å². The fraction of sp³-hybridized carbons (Fsp3) is 0.0800. The van der Waals surface area contributed by atoms with E-state index < -0.39 is 0 Å². The first-order chi connectivity index (χ1) is 27.6. The number of hydrogen-bond donors (Lipinski definition) is 4. The molecule has 4 nitrogen and oxygen atoms in total. The summed E-state index contributed by atoms with van der Waals surface area (Å²) in [6.45, 7) is 2.48. The molecule has 0 bridgehead atoms. The third-order valence-electron chi connectivity index (χ3n) is 11.3. The molecule has 0 aromatic heterocycles. The highest BCUT2D eigenvalue weighted by molar-refractivity contribution is 7.80. The van der Waals surface area contributed by atoms with Crippen LogP contribution in [0, 0.1) is 0 Å². The lowest BCUT2D eigenvalue weighted by atomic mass is 9.92. The molecule has 10 aromatic carbocycles. The molecule has 0 aliphatic carbocycles. The zero-order valence-corrected chi connectivity index (χ0v) is 32.3. The highest BCUT2D eigenvalue weighted by atomic mass is 32.1. The summed E-state index contributed by atoms with van der Waals surface area (Å²) in [5.41, 5.74) is 7.12. The van der Waals surface area contributed by atoms with Crippen LogP contribution in [0.5, 0.6) is 0 Å². The van der Waals surface area contributed by atoms with Crippen LogP contribution >= 0.6 is 24.4 Å². The molecule has 0 radical (unpaired) electrons. The lowest BCUT2D eigenvalue weighted by molar-refractivity contribution is 0.833. The van der Waals surface area contributed by atoms with Crippen molar-refractivity contribution in [3.8, 4) is 11.1 Å². The molecule has 0 fully saturated rings. The van der Waals surface area contributed by atoms with E-state index in [2.05, 4.69) is 179 Å². The van der Waals surface area contributed by atoms with Crippen molar-refractivity contribution in [2.45, 2.75) is 26.2 Å². The molecule has 56 heavy (non-hydrogen) atoms. The second-order valence-electron chi connectivity index (χ2n) is 14.5. The van der Waals surface area contributed by atoms with Crippen LogP contribution in [0.1, 0.15) is 22.3 Å². The Hall–Kier alpha value is -6.34. The minimum atomic E-state index is 0.599. The van der Waals surface area contributed by atoms with E-state index in [-0.39, 0.29) is 0 Å². The highest BCUT2D eigenvalue weighted by Gasteiger charge is 2.14. The van der Waals surface area contributed by atoms with Gasteiger partial charge in [0.15, 0.2) is 10.2 Å². The Morgan fingerprint density at radius 2 is 0.625 bits per heavy atom. The quantitative estimate of drug-likeness (QED) is 0.0869. The van der Waals surface area contributed by atoms with E-state index in [1.54, 1.807) is 0 Å². The second kappa shape index (κ2) is 14.4. The first-order valence-corrected chi connectivity index (χ1v) is 19.9. The molecule has 0 saturated heterocycles. The maximum absolute atomic E-state index is 5.82. The third kappa shape index (κ3) is 6.17. The molecule has 0 spiro atoms. The van der Waals surface area contributed by atoms with Crippen LogP contribution in [0.25, 0.3) is 75.8 Å². The van der Waals surface area contributed by atoms with Gasteiger partial charge in [-0.15, -0.1) is 0 Å². The average Bonchev–Trinajstić information content (AvgIpc) is 3.25. The summed E-state index contributed by atoms with van der Waals surface area (Å²) in [6.07, 6.45) is 0. The molecule has 0 heterocycles. The Kier molecular flexibility index (Phi) is 8.78. The van der Waals surface area contributed by atoms with Gasteiger partial charge in [0, 0.05) is 26.2 Å². The van der Waals surface area contributed by atoms with E-state index in [0.29, 0.717) is 36.4 Å². The van der Waals surface area contributed by atoms with Crippen molar-refractivity contribution in [1.82, 2.24) is 21.3 Å². The third-order valence-corrected chi connectivity index (χ3v) is 11.9. The molecule has 0 atom stereocenters. The summed E-state index contributed by atoms with van der Waals surface area (Å²) < 4.78 is 0.